The van der Waals surface area contributed by atoms with Gasteiger partial charge in [-0.15, -0.1) is 0 Å². The summed E-state index contributed by atoms with van der Waals surface area (Å²) >= 11 is 17.4. The van der Waals surface area contributed by atoms with Gasteiger partial charge >= 0.3 is 0 Å². The zero-order valence-electron chi connectivity index (χ0n) is 10.1. The van der Waals surface area contributed by atoms with Gasteiger partial charge in [0.2, 0.25) is 0 Å². The third-order valence-electron chi connectivity index (χ3n) is 2.39. The fourth-order valence-electron chi connectivity index (χ4n) is 1.48. The van der Waals surface area contributed by atoms with E-state index in [0.717, 1.165) is 0 Å². The Kier molecular flexibility index (Phi) is 4.39. The molecule has 2 heterocycles. The Hall–Kier alpha value is -1.08. The lowest BCUT2D eigenvalue weighted by Crippen LogP contribution is -2.15. The molecule has 2 aromatic rings. The first kappa shape index (κ1) is 15.3. The minimum Gasteiger partial charge on any atom is -0.276 e. The van der Waals surface area contributed by atoms with Crippen molar-refractivity contribution in [1.82, 2.24) is 9.97 Å². The fourth-order valence-corrected chi connectivity index (χ4v) is 3.71. The van der Waals surface area contributed by atoms with E-state index in [-0.39, 0.29) is 26.0 Å². The number of aryl methyl sites for hydroxylation is 1. The predicted octanol–water partition coefficient (Wildman–Crippen LogP) is 3.55. The molecule has 106 valence electrons. The van der Waals surface area contributed by atoms with E-state index >= 15 is 0 Å². The van der Waals surface area contributed by atoms with Crippen LogP contribution in [0.5, 0.6) is 0 Å². The standard InChI is InChI=1S/C11H8Cl3N3O2S/c1-6-5-8(12)16-11(14)9(6)17-20(18,19)7-3-2-4-15-10(7)13/h2-5,17H,1H3. The van der Waals surface area contributed by atoms with Crippen molar-refractivity contribution in [3.63, 3.8) is 0 Å². The Morgan fingerprint density at radius 1 is 1.20 bits per heavy atom. The molecule has 0 bridgehead atoms. The Balaban J connectivity index is 2.47. The molecule has 0 spiro atoms. The molecule has 0 saturated heterocycles. The van der Waals surface area contributed by atoms with Crippen LogP contribution >= 0.6 is 34.8 Å². The maximum atomic E-state index is 12.3. The van der Waals surface area contributed by atoms with Gasteiger partial charge in [0, 0.05) is 6.20 Å². The van der Waals surface area contributed by atoms with E-state index in [1.54, 1.807) is 6.92 Å². The van der Waals surface area contributed by atoms with Crippen LogP contribution in [0.25, 0.3) is 0 Å². The molecule has 0 saturated carbocycles. The molecule has 0 aliphatic rings. The molecule has 1 N–H and O–H groups in total. The number of hydrogen-bond donors (Lipinski definition) is 1. The van der Waals surface area contributed by atoms with Crippen molar-refractivity contribution >= 4 is 50.5 Å². The second-order valence-corrected chi connectivity index (χ2v) is 6.58. The molecule has 20 heavy (non-hydrogen) atoms. The van der Waals surface area contributed by atoms with Crippen molar-refractivity contribution in [2.45, 2.75) is 11.8 Å². The van der Waals surface area contributed by atoms with Crippen molar-refractivity contribution < 1.29 is 8.42 Å². The van der Waals surface area contributed by atoms with E-state index in [2.05, 4.69) is 14.7 Å². The van der Waals surface area contributed by atoms with Gasteiger partial charge in [-0.3, -0.25) is 4.72 Å². The first-order chi connectivity index (χ1) is 9.31. The highest BCUT2D eigenvalue weighted by molar-refractivity contribution is 7.92. The second kappa shape index (κ2) is 5.73. The summed E-state index contributed by atoms with van der Waals surface area (Å²) in [5.41, 5.74) is 0.689. The number of nitrogens with one attached hydrogen (secondary N) is 1. The number of rotatable bonds is 3. The number of pyridine rings is 2. The Bertz CT molecular complexity index is 742. The lowest BCUT2D eigenvalue weighted by atomic mass is 10.3. The lowest BCUT2D eigenvalue weighted by molar-refractivity contribution is 0.601. The van der Waals surface area contributed by atoms with E-state index in [1.165, 1.54) is 24.4 Å². The van der Waals surface area contributed by atoms with Crippen LogP contribution in [-0.2, 0) is 10.0 Å². The van der Waals surface area contributed by atoms with Crippen LogP contribution in [0.15, 0.2) is 29.3 Å². The van der Waals surface area contributed by atoms with Gasteiger partial charge in [-0.2, -0.15) is 0 Å². The van der Waals surface area contributed by atoms with Gasteiger partial charge in [0.15, 0.2) is 5.15 Å². The number of nitrogens with zero attached hydrogens (tertiary/aromatic N) is 2. The molecular weight excluding hydrogens is 345 g/mol. The number of halogens is 3. The third kappa shape index (κ3) is 3.15. The van der Waals surface area contributed by atoms with Crippen LogP contribution in [0.2, 0.25) is 15.5 Å². The van der Waals surface area contributed by atoms with E-state index in [9.17, 15) is 8.42 Å². The SMILES string of the molecule is Cc1cc(Cl)nc(Cl)c1NS(=O)(=O)c1cccnc1Cl. The minimum absolute atomic E-state index is 0.0430. The number of hydrogen-bond acceptors (Lipinski definition) is 4. The molecule has 0 atom stereocenters. The largest absolute Gasteiger partial charge is 0.276 e. The molecule has 0 radical (unpaired) electrons. The summed E-state index contributed by atoms with van der Waals surface area (Å²) in [4.78, 5) is 7.37. The molecule has 0 aromatic carbocycles. The quantitative estimate of drug-likeness (QED) is 0.858. The van der Waals surface area contributed by atoms with Gasteiger partial charge in [-0.25, -0.2) is 18.4 Å². The van der Waals surface area contributed by atoms with E-state index in [1.807, 2.05) is 0 Å². The summed E-state index contributed by atoms with van der Waals surface area (Å²) in [6.07, 6.45) is 1.39. The minimum atomic E-state index is -3.91. The van der Waals surface area contributed by atoms with Gasteiger partial charge < -0.3 is 0 Å². The number of anilines is 1. The van der Waals surface area contributed by atoms with Gasteiger partial charge in [0.1, 0.15) is 15.2 Å². The van der Waals surface area contributed by atoms with Crippen LogP contribution < -0.4 is 4.72 Å². The highest BCUT2D eigenvalue weighted by atomic mass is 35.5. The van der Waals surface area contributed by atoms with Crippen LogP contribution in [0.3, 0.4) is 0 Å². The molecule has 5 nitrogen and oxygen atoms in total. The van der Waals surface area contributed by atoms with Gasteiger partial charge in [-0.1, -0.05) is 34.8 Å². The maximum absolute atomic E-state index is 12.3. The summed E-state index contributed by atoms with van der Waals surface area (Å²) in [6, 6.07) is 4.30. The average molecular weight is 353 g/mol. The van der Waals surface area contributed by atoms with Crippen LogP contribution in [-0.4, -0.2) is 18.4 Å². The number of aromatic nitrogens is 2. The average Bonchev–Trinajstić information content (AvgIpc) is 2.34. The Labute approximate surface area is 131 Å². The lowest BCUT2D eigenvalue weighted by Gasteiger charge is -2.12. The topological polar surface area (TPSA) is 72.0 Å². The summed E-state index contributed by atoms with van der Waals surface area (Å²) < 4.78 is 26.8. The molecule has 0 amide bonds. The van der Waals surface area contributed by atoms with Gasteiger partial charge in [0.25, 0.3) is 10.0 Å². The predicted molar refractivity (Wildman–Crippen MR) is 79.0 cm³/mol. The monoisotopic (exact) mass is 351 g/mol. The normalized spacial score (nSPS) is 11.4. The molecule has 9 heteroatoms. The zero-order valence-corrected chi connectivity index (χ0v) is 13.1. The smallest absolute Gasteiger partial charge is 0.265 e. The molecule has 0 unspecified atom stereocenters. The van der Waals surface area contributed by atoms with E-state index in [0.29, 0.717) is 5.56 Å². The summed E-state index contributed by atoms with van der Waals surface area (Å²) in [6.45, 7) is 1.65. The summed E-state index contributed by atoms with van der Waals surface area (Å²) in [7, 11) is -3.91. The molecular formula is C11H8Cl3N3O2S. The molecule has 0 fully saturated rings. The van der Waals surface area contributed by atoms with Crippen molar-refractivity contribution in [3.05, 3.63) is 45.4 Å². The Morgan fingerprint density at radius 3 is 2.50 bits per heavy atom. The third-order valence-corrected chi connectivity index (χ3v) is 4.65. The zero-order chi connectivity index (χ0) is 14.9. The van der Waals surface area contributed by atoms with Crippen LogP contribution in [0.4, 0.5) is 5.69 Å². The fraction of sp³-hybridized carbons (Fsp3) is 0.0909. The highest BCUT2D eigenvalue weighted by Gasteiger charge is 2.21. The van der Waals surface area contributed by atoms with E-state index < -0.39 is 10.0 Å². The summed E-state index contributed by atoms with van der Waals surface area (Å²) in [5.74, 6) is 0. The van der Waals surface area contributed by atoms with E-state index in [4.69, 9.17) is 34.8 Å². The highest BCUT2D eigenvalue weighted by Crippen LogP contribution is 2.29. The molecule has 2 aromatic heterocycles. The summed E-state index contributed by atoms with van der Waals surface area (Å²) in [5, 5.41) is 0.00384. The number of sulfonamides is 1. The van der Waals surface area contributed by atoms with Crippen molar-refractivity contribution in [3.8, 4) is 0 Å². The van der Waals surface area contributed by atoms with Crippen LogP contribution in [0, 0.1) is 6.92 Å². The van der Waals surface area contributed by atoms with Gasteiger partial charge in [-0.05, 0) is 30.7 Å². The van der Waals surface area contributed by atoms with Gasteiger partial charge in [0.05, 0.1) is 5.69 Å². The maximum Gasteiger partial charge on any atom is 0.265 e. The first-order valence-corrected chi connectivity index (χ1v) is 7.89. The van der Waals surface area contributed by atoms with Crippen molar-refractivity contribution in [2.24, 2.45) is 0 Å². The molecule has 0 aliphatic heterocycles. The molecule has 0 aliphatic carbocycles. The Morgan fingerprint density at radius 2 is 1.90 bits per heavy atom. The van der Waals surface area contributed by atoms with Crippen LogP contribution in [0.1, 0.15) is 5.56 Å². The molecule has 2 rings (SSSR count). The second-order valence-electron chi connectivity index (χ2n) is 3.83. The first-order valence-electron chi connectivity index (χ1n) is 5.27. The van der Waals surface area contributed by atoms with Crippen molar-refractivity contribution in [2.75, 3.05) is 4.72 Å². The van der Waals surface area contributed by atoms with Crippen molar-refractivity contribution in [1.29, 1.82) is 0 Å².